The van der Waals surface area contributed by atoms with Crippen LogP contribution in [0.3, 0.4) is 0 Å². The minimum Gasteiger partial charge on any atom is -0.487 e. The van der Waals surface area contributed by atoms with E-state index in [1.165, 1.54) is 10.4 Å². The van der Waals surface area contributed by atoms with Gasteiger partial charge in [0, 0.05) is 28.6 Å². The maximum absolute atomic E-state index is 6.37. The van der Waals surface area contributed by atoms with E-state index in [1.807, 2.05) is 12.1 Å². The van der Waals surface area contributed by atoms with Crippen LogP contribution in [0.4, 0.5) is 0 Å². The molecule has 1 heterocycles. The molecule has 0 aliphatic rings. The molecule has 1 N–H and O–H groups in total. The number of aryl methyl sites for hydroxylation is 1. The number of thiophene rings is 1. The molecule has 0 bridgehead atoms. The van der Waals surface area contributed by atoms with Gasteiger partial charge in [0.2, 0.25) is 0 Å². The van der Waals surface area contributed by atoms with Crippen LogP contribution in [0.25, 0.3) is 0 Å². The lowest BCUT2D eigenvalue weighted by Gasteiger charge is -2.15. The van der Waals surface area contributed by atoms with E-state index in [0.29, 0.717) is 28.9 Å². The van der Waals surface area contributed by atoms with Gasteiger partial charge in [-0.05, 0) is 36.1 Å². The first-order valence-electron chi connectivity index (χ1n) is 8.01. The summed E-state index contributed by atoms with van der Waals surface area (Å²) < 4.78 is 6.01. The highest BCUT2D eigenvalue weighted by Crippen LogP contribution is 2.33. The Bertz CT molecular complexity index is 816. The summed E-state index contributed by atoms with van der Waals surface area (Å²) >= 11 is 14.3. The van der Waals surface area contributed by atoms with Gasteiger partial charge in [0.25, 0.3) is 0 Å². The first kappa shape index (κ1) is 18.3. The van der Waals surface area contributed by atoms with Crippen LogP contribution < -0.4 is 10.1 Å². The van der Waals surface area contributed by atoms with E-state index >= 15 is 0 Å². The van der Waals surface area contributed by atoms with Crippen molar-refractivity contribution in [2.45, 2.75) is 26.6 Å². The van der Waals surface area contributed by atoms with Gasteiger partial charge in [0.1, 0.15) is 12.4 Å². The maximum Gasteiger partial charge on any atom is 0.142 e. The molecule has 0 saturated heterocycles. The van der Waals surface area contributed by atoms with Crippen molar-refractivity contribution in [3.63, 3.8) is 0 Å². The molecule has 0 fully saturated rings. The van der Waals surface area contributed by atoms with Crippen LogP contribution in [0.2, 0.25) is 10.0 Å². The first-order valence-corrected chi connectivity index (χ1v) is 9.65. The van der Waals surface area contributed by atoms with Gasteiger partial charge < -0.3 is 10.1 Å². The zero-order valence-electron chi connectivity index (χ0n) is 13.9. The first-order chi connectivity index (χ1) is 12.1. The van der Waals surface area contributed by atoms with Gasteiger partial charge in [-0.25, -0.2) is 0 Å². The van der Waals surface area contributed by atoms with E-state index in [0.717, 1.165) is 17.7 Å². The molecular weight excluding hydrogens is 373 g/mol. The van der Waals surface area contributed by atoms with Crippen molar-refractivity contribution in [2.24, 2.45) is 0 Å². The Morgan fingerprint density at radius 1 is 1.04 bits per heavy atom. The van der Waals surface area contributed by atoms with Gasteiger partial charge in [0.15, 0.2) is 0 Å². The largest absolute Gasteiger partial charge is 0.487 e. The van der Waals surface area contributed by atoms with Crippen LogP contribution in [0, 0.1) is 6.92 Å². The SMILES string of the molecule is Cc1ccc(COc2c(Cl)cc(Cl)cc2CNCc2cccs2)cc1. The molecule has 2 nitrogen and oxygen atoms in total. The molecule has 0 atom stereocenters. The van der Waals surface area contributed by atoms with Gasteiger partial charge in [-0.1, -0.05) is 59.1 Å². The third-order valence-electron chi connectivity index (χ3n) is 3.78. The zero-order valence-corrected chi connectivity index (χ0v) is 16.2. The summed E-state index contributed by atoms with van der Waals surface area (Å²) in [5, 5.41) is 6.64. The molecule has 1 aromatic heterocycles. The van der Waals surface area contributed by atoms with Crippen LogP contribution >= 0.6 is 34.5 Å². The van der Waals surface area contributed by atoms with Gasteiger partial charge in [-0.15, -0.1) is 11.3 Å². The van der Waals surface area contributed by atoms with Crippen LogP contribution in [-0.2, 0) is 19.7 Å². The lowest BCUT2D eigenvalue weighted by Crippen LogP contribution is -2.13. The zero-order chi connectivity index (χ0) is 17.6. The molecule has 2 aromatic carbocycles. The molecule has 0 amide bonds. The van der Waals surface area contributed by atoms with Gasteiger partial charge in [0.05, 0.1) is 5.02 Å². The van der Waals surface area contributed by atoms with Crippen LogP contribution in [0.5, 0.6) is 5.75 Å². The highest BCUT2D eigenvalue weighted by atomic mass is 35.5. The van der Waals surface area contributed by atoms with E-state index < -0.39 is 0 Å². The van der Waals surface area contributed by atoms with Gasteiger partial charge in [-0.2, -0.15) is 0 Å². The average Bonchev–Trinajstić information content (AvgIpc) is 3.09. The van der Waals surface area contributed by atoms with Crippen molar-refractivity contribution in [1.82, 2.24) is 5.32 Å². The molecule has 0 aliphatic carbocycles. The fourth-order valence-corrected chi connectivity index (χ4v) is 3.74. The average molecular weight is 392 g/mol. The fraction of sp³-hybridized carbons (Fsp3) is 0.200. The lowest BCUT2D eigenvalue weighted by molar-refractivity contribution is 0.302. The molecule has 25 heavy (non-hydrogen) atoms. The monoisotopic (exact) mass is 391 g/mol. The normalized spacial score (nSPS) is 10.8. The Morgan fingerprint density at radius 3 is 2.56 bits per heavy atom. The summed E-state index contributed by atoms with van der Waals surface area (Å²) in [4.78, 5) is 1.29. The number of ether oxygens (including phenoxy) is 1. The summed E-state index contributed by atoms with van der Waals surface area (Å²) in [6.45, 7) is 3.98. The fourth-order valence-electron chi connectivity index (χ4n) is 2.48. The second-order valence-corrected chi connectivity index (χ2v) is 7.71. The molecule has 0 saturated carbocycles. The summed E-state index contributed by atoms with van der Waals surface area (Å²) in [5.74, 6) is 0.685. The summed E-state index contributed by atoms with van der Waals surface area (Å²) in [7, 11) is 0. The summed E-state index contributed by atoms with van der Waals surface area (Å²) in [6.07, 6.45) is 0. The number of nitrogens with one attached hydrogen (secondary N) is 1. The number of halogens is 2. The molecule has 5 heteroatoms. The number of hydrogen-bond acceptors (Lipinski definition) is 3. The predicted octanol–water partition coefficient (Wildman–Crippen LogP) is 6.23. The second kappa shape index (κ2) is 8.72. The standard InChI is InChI=1S/C20H19Cl2NOS/c1-14-4-6-15(7-5-14)13-24-20-16(9-17(21)10-19(20)22)11-23-12-18-3-2-8-25-18/h2-10,23H,11-13H2,1H3. The molecule has 0 radical (unpaired) electrons. The number of hydrogen-bond donors (Lipinski definition) is 1. The highest BCUT2D eigenvalue weighted by Gasteiger charge is 2.11. The molecular formula is C20H19Cl2NOS. The van der Waals surface area contributed by atoms with Crippen molar-refractivity contribution in [3.8, 4) is 5.75 Å². The van der Waals surface area contributed by atoms with Crippen molar-refractivity contribution in [1.29, 1.82) is 0 Å². The Balaban J connectivity index is 1.69. The minimum absolute atomic E-state index is 0.472. The van der Waals surface area contributed by atoms with Gasteiger partial charge in [-0.3, -0.25) is 0 Å². The van der Waals surface area contributed by atoms with Crippen molar-refractivity contribution >= 4 is 34.5 Å². The maximum atomic E-state index is 6.37. The van der Waals surface area contributed by atoms with Crippen molar-refractivity contribution in [3.05, 3.63) is 85.5 Å². The van der Waals surface area contributed by atoms with Crippen molar-refractivity contribution < 1.29 is 4.74 Å². The van der Waals surface area contributed by atoms with E-state index in [1.54, 1.807) is 17.4 Å². The lowest BCUT2D eigenvalue weighted by atomic mass is 10.1. The van der Waals surface area contributed by atoms with Crippen molar-refractivity contribution in [2.75, 3.05) is 0 Å². The van der Waals surface area contributed by atoms with Crippen LogP contribution in [0.15, 0.2) is 53.9 Å². The van der Waals surface area contributed by atoms with E-state index in [2.05, 4.69) is 48.0 Å². The second-order valence-electron chi connectivity index (χ2n) is 5.83. The smallest absolute Gasteiger partial charge is 0.142 e. The third kappa shape index (κ3) is 5.23. The Hall–Kier alpha value is -1.52. The van der Waals surface area contributed by atoms with E-state index in [-0.39, 0.29) is 0 Å². The molecule has 3 aromatic rings. The summed E-state index contributed by atoms with van der Waals surface area (Å²) in [6, 6.07) is 16.1. The van der Waals surface area contributed by atoms with Crippen LogP contribution in [-0.4, -0.2) is 0 Å². The van der Waals surface area contributed by atoms with Crippen LogP contribution in [0.1, 0.15) is 21.6 Å². The number of benzene rings is 2. The molecule has 130 valence electrons. The minimum atomic E-state index is 0.472. The van der Waals surface area contributed by atoms with E-state index in [9.17, 15) is 0 Å². The van der Waals surface area contributed by atoms with E-state index in [4.69, 9.17) is 27.9 Å². The molecule has 0 unspecified atom stereocenters. The Morgan fingerprint density at radius 2 is 1.84 bits per heavy atom. The Kier molecular flexibility index (Phi) is 6.38. The third-order valence-corrected chi connectivity index (χ3v) is 5.16. The Labute approximate surface area is 162 Å². The summed E-state index contributed by atoms with van der Waals surface area (Å²) in [5.41, 5.74) is 3.29. The number of rotatable bonds is 7. The molecule has 0 aliphatic heterocycles. The topological polar surface area (TPSA) is 21.3 Å². The predicted molar refractivity (Wildman–Crippen MR) is 107 cm³/mol. The quantitative estimate of drug-likeness (QED) is 0.515. The molecule has 0 spiro atoms. The van der Waals surface area contributed by atoms with Gasteiger partial charge >= 0.3 is 0 Å². The molecule has 3 rings (SSSR count). The highest BCUT2D eigenvalue weighted by molar-refractivity contribution is 7.09.